The molecule has 2 rings (SSSR count). The predicted molar refractivity (Wildman–Crippen MR) is 97.3 cm³/mol. The molecule has 0 aliphatic heterocycles. The van der Waals surface area contributed by atoms with Crippen molar-refractivity contribution >= 4 is 34.8 Å². The maximum atomic E-state index is 12.2. The lowest BCUT2D eigenvalue weighted by molar-refractivity contribution is -0.117. The van der Waals surface area contributed by atoms with Crippen LogP contribution in [0.2, 0.25) is 10.0 Å². The zero-order chi connectivity index (χ0) is 17.0. The Kier molecular flexibility index (Phi) is 6.05. The summed E-state index contributed by atoms with van der Waals surface area (Å²) in [7, 11) is 1.89. The van der Waals surface area contributed by atoms with Gasteiger partial charge in [0.05, 0.1) is 6.54 Å². The monoisotopic (exact) mass is 350 g/mol. The molecule has 23 heavy (non-hydrogen) atoms. The zero-order valence-corrected chi connectivity index (χ0v) is 15.0. The van der Waals surface area contributed by atoms with E-state index >= 15 is 0 Å². The highest BCUT2D eigenvalue weighted by Gasteiger charge is 2.10. The Balaban J connectivity index is 1.94. The van der Waals surface area contributed by atoms with Gasteiger partial charge in [0, 0.05) is 22.3 Å². The summed E-state index contributed by atoms with van der Waals surface area (Å²) in [5, 5.41) is 4.14. The lowest BCUT2D eigenvalue weighted by atomic mass is 10.1. The van der Waals surface area contributed by atoms with E-state index < -0.39 is 0 Å². The summed E-state index contributed by atoms with van der Waals surface area (Å²) < 4.78 is 0. The normalized spacial score (nSPS) is 10.9. The van der Waals surface area contributed by atoms with Crippen LogP contribution in [0.4, 0.5) is 5.69 Å². The van der Waals surface area contributed by atoms with Gasteiger partial charge in [-0.25, -0.2) is 0 Å². The van der Waals surface area contributed by atoms with Gasteiger partial charge in [-0.05, 0) is 56.3 Å². The summed E-state index contributed by atoms with van der Waals surface area (Å²) in [6.45, 7) is 4.90. The van der Waals surface area contributed by atoms with E-state index in [1.165, 1.54) is 5.56 Å². The van der Waals surface area contributed by atoms with Crippen LogP contribution in [0.5, 0.6) is 0 Å². The number of nitrogens with zero attached hydrogens (tertiary/aromatic N) is 1. The molecule has 3 nitrogen and oxygen atoms in total. The molecule has 2 aromatic rings. The van der Waals surface area contributed by atoms with Crippen LogP contribution in [0.25, 0.3) is 0 Å². The van der Waals surface area contributed by atoms with Crippen LogP contribution in [-0.4, -0.2) is 24.4 Å². The molecule has 0 aliphatic carbocycles. The number of hydrogen-bond acceptors (Lipinski definition) is 2. The number of amides is 1. The Bertz CT molecular complexity index is 696. The molecule has 0 bridgehead atoms. The van der Waals surface area contributed by atoms with E-state index in [1.807, 2.05) is 56.1 Å². The molecule has 0 aromatic heterocycles. The van der Waals surface area contributed by atoms with Crippen molar-refractivity contribution in [1.82, 2.24) is 4.90 Å². The van der Waals surface area contributed by atoms with E-state index in [0.717, 1.165) is 16.8 Å². The average molecular weight is 351 g/mol. The van der Waals surface area contributed by atoms with Crippen LogP contribution in [0.1, 0.15) is 16.7 Å². The maximum absolute atomic E-state index is 12.2. The number of hydrogen-bond donors (Lipinski definition) is 1. The van der Waals surface area contributed by atoms with Crippen molar-refractivity contribution in [2.24, 2.45) is 0 Å². The van der Waals surface area contributed by atoms with E-state index in [1.54, 1.807) is 6.07 Å². The third-order valence-corrected chi connectivity index (χ3v) is 3.88. The van der Waals surface area contributed by atoms with Crippen LogP contribution in [0.3, 0.4) is 0 Å². The van der Waals surface area contributed by atoms with Crippen LogP contribution in [-0.2, 0) is 11.3 Å². The fourth-order valence-corrected chi connectivity index (χ4v) is 3.03. The third-order valence-electron chi connectivity index (χ3n) is 3.44. The second-order valence-corrected chi connectivity index (χ2v) is 6.69. The minimum absolute atomic E-state index is 0.0485. The van der Waals surface area contributed by atoms with Crippen molar-refractivity contribution in [1.29, 1.82) is 0 Å². The first-order valence-corrected chi connectivity index (χ1v) is 8.09. The van der Waals surface area contributed by atoms with Gasteiger partial charge in [0.15, 0.2) is 0 Å². The second kappa shape index (κ2) is 7.82. The Morgan fingerprint density at radius 3 is 2.35 bits per heavy atom. The topological polar surface area (TPSA) is 32.3 Å². The number of rotatable bonds is 5. The molecule has 5 heteroatoms. The van der Waals surface area contributed by atoms with Gasteiger partial charge in [0.2, 0.25) is 5.91 Å². The SMILES string of the molecule is Cc1ccc(NC(=O)CN(C)Cc2cc(Cl)cc(Cl)c2)c(C)c1. The second-order valence-electron chi connectivity index (χ2n) is 5.82. The molecular formula is C18H20Cl2N2O. The van der Waals surface area contributed by atoms with E-state index in [-0.39, 0.29) is 12.5 Å². The molecule has 0 atom stereocenters. The molecule has 0 radical (unpaired) electrons. The Labute approximate surface area is 147 Å². The first-order valence-electron chi connectivity index (χ1n) is 7.34. The van der Waals surface area contributed by atoms with Crippen LogP contribution in [0, 0.1) is 13.8 Å². The van der Waals surface area contributed by atoms with Crippen molar-refractivity contribution in [3.05, 3.63) is 63.1 Å². The highest BCUT2D eigenvalue weighted by atomic mass is 35.5. The molecule has 0 saturated heterocycles. The number of halogens is 2. The fraction of sp³-hybridized carbons (Fsp3) is 0.278. The van der Waals surface area contributed by atoms with E-state index in [0.29, 0.717) is 16.6 Å². The summed E-state index contributed by atoms with van der Waals surface area (Å²) in [5.41, 5.74) is 4.06. The van der Waals surface area contributed by atoms with Gasteiger partial charge >= 0.3 is 0 Å². The number of aryl methyl sites for hydroxylation is 2. The minimum Gasteiger partial charge on any atom is -0.325 e. The van der Waals surface area contributed by atoms with Gasteiger partial charge in [0.25, 0.3) is 0 Å². The first-order chi connectivity index (χ1) is 10.8. The van der Waals surface area contributed by atoms with Gasteiger partial charge in [-0.1, -0.05) is 40.9 Å². The summed E-state index contributed by atoms with van der Waals surface area (Å²) in [6, 6.07) is 11.4. The number of carbonyl (C=O) groups is 1. The summed E-state index contributed by atoms with van der Waals surface area (Å²) in [4.78, 5) is 14.1. The molecule has 1 amide bonds. The molecule has 0 aliphatic rings. The highest BCUT2D eigenvalue weighted by molar-refractivity contribution is 6.34. The zero-order valence-electron chi connectivity index (χ0n) is 13.5. The molecule has 0 saturated carbocycles. The van der Waals surface area contributed by atoms with Gasteiger partial charge in [-0.15, -0.1) is 0 Å². The van der Waals surface area contributed by atoms with Gasteiger partial charge in [-0.2, -0.15) is 0 Å². The van der Waals surface area contributed by atoms with Gasteiger partial charge in [-0.3, -0.25) is 9.69 Å². The van der Waals surface area contributed by atoms with Crippen molar-refractivity contribution < 1.29 is 4.79 Å². The summed E-state index contributed by atoms with van der Waals surface area (Å²) in [5.74, 6) is -0.0485. The fourth-order valence-electron chi connectivity index (χ4n) is 2.46. The smallest absolute Gasteiger partial charge is 0.238 e. The molecule has 2 aromatic carbocycles. The Morgan fingerprint density at radius 2 is 1.74 bits per heavy atom. The number of anilines is 1. The van der Waals surface area contributed by atoms with Gasteiger partial charge < -0.3 is 5.32 Å². The predicted octanol–water partition coefficient (Wildman–Crippen LogP) is 4.68. The molecule has 0 spiro atoms. The highest BCUT2D eigenvalue weighted by Crippen LogP contribution is 2.20. The summed E-state index contributed by atoms with van der Waals surface area (Å²) in [6.07, 6.45) is 0. The number of nitrogens with one attached hydrogen (secondary N) is 1. The van der Waals surface area contributed by atoms with Crippen molar-refractivity contribution in [3.8, 4) is 0 Å². The molecule has 0 unspecified atom stereocenters. The Morgan fingerprint density at radius 1 is 1.09 bits per heavy atom. The standard InChI is InChI=1S/C18H20Cl2N2O/c1-12-4-5-17(13(2)6-12)21-18(23)11-22(3)10-14-7-15(19)9-16(20)8-14/h4-9H,10-11H2,1-3H3,(H,21,23). The minimum atomic E-state index is -0.0485. The summed E-state index contributed by atoms with van der Waals surface area (Å²) >= 11 is 12.0. The number of carbonyl (C=O) groups excluding carboxylic acids is 1. The molecule has 1 N–H and O–H groups in total. The van der Waals surface area contributed by atoms with E-state index in [2.05, 4.69) is 5.32 Å². The first kappa shape index (κ1) is 17.8. The van der Waals surface area contributed by atoms with Crippen molar-refractivity contribution in [3.63, 3.8) is 0 Å². The van der Waals surface area contributed by atoms with Crippen molar-refractivity contribution in [2.75, 3.05) is 18.9 Å². The molecule has 0 fully saturated rings. The average Bonchev–Trinajstić information content (AvgIpc) is 2.40. The van der Waals surface area contributed by atoms with E-state index in [4.69, 9.17) is 23.2 Å². The maximum Gasteiger partial charge on any atom is 0.238 e. The molecule has 0 heterocycles. The van der Waals surface area contributed by atoms with Gasteiger partial charge in [0.1, 0.15) is 0 Å². The lowest BCUT2D eigenvalue weighted by Gasteiger charge is -2.17. The van der Waals surface area contributed by atoms with Crippen LogP contribution >= 0.6 is 23.2 Å². The van der Waals surface area contributed by atoms with Crippen LogP contribution < -0.4 is 5.32 Å². The Hall–Kier alpha value is -1.55. The lowest BCUT2D eigenvalue weighted by Crippen LogP contribution is -2.30. The quantitative estimate of drug-likeness (QED) is 0.848. The molecular weight excluding hydrogens is 331 g/mol. The third kappa shape index (κ3) is 5.54. The van der Waals surface area contributed by atoms with E-state index in [9.17, 15) is 4.79 Å². The number of benzene rings is 2. The number of likely N-dealkylation sites (N-methyl/N-ethyl adjacent to an activating group) is 1. The van der Waals surface area contributed by atoms with Crippen molar-refractivity contribution in [2.45, 2.75) is 20.4 Å². The molecule has 122 valence electrons. The largest absolute Gasteiger partial charge is 0.325 e. The van der Waals surface area contributed by atoms with Crippen LogP contribution in [0.15, 0.2) is 36.4 Å².